The molecule has 0 atom stereocenters. The Balaban J connectivity index is 1.92. The van der Waals surface area contributed by atoms with Crippen LogP contribution in [0.25, 0.3) is 0 Å². The molecule has 1 aromatic heterocycles. The maximum atomic E-state index is 13.5. The minimum atomic E-state index is -0.149. The van der Waals surface area contributed by atoms with E-state index in [1.54, 1.807) is 6.07 Å². The second-order valence-electron chi connectivity index (χ2n) is 4.89. The van der Waals surface area contributed by atoms with Crippen molar-refractivity contribution in [3.05, 3.63) is 52.1 Å². The highest BCUT2D eigenvalue weighted by Crippen LogP contribution is 2.21. The molecular weight excluding hydrogens is 289 g/mol. The van der Waals surface area contributed by atoms with Gasteiger partial charge in [0, 0.05) is 13.1 Å². The van der Waals surface area contributed by atoms with Crippen molar-refractivity contribution in [2.24, 2.45) is 0 Å². The zero-order valence-corrected chi connectivity index (χ0v) is 13.3. The summed E-state index contributed by atoms with van der Waals surface area (Å²) in [5.41, 5.74) is 2.67. The molecule has 0 radical (unpaired) electrons. The van der Waals surface area contributed by atoms with Crippen molar-refractivity contribution < 1.29 is 4.39 Å². The number of hydrogen-bond acceptors (Lipinski definition) is 2. The van der Waals surface area contributed by atoms with E-state index >= 15 is 0 Å². The molecule has 1 N–H and O–H groups in total. The largest absolute Gasteiger partial charge is 0.311 e. The van der Waals surface area contributed by atoms with Gasteiger partial charge in [-0.15, -0.1) is 0 Å². The molecule has 114 valence electrons. The molecule has 0 aliphatic carbocycles. The van der Waals surface area contributed by atoms with Crippen LogP contribution < -0.4 is 5.32 Å². The van der Waals surface area contributed by atoms with Gasteiger partial charge in [-0.25, -0.2) is 4.39 Å². The Morgan fingerprint density at radius 1 is 1.29 bits per heavy atom. The Morgan fingerprint density at radius 2 is 2.05 bits per heavy atom. The number of hydrogen-bond donors (Lipinski definition) is 1. The molecule has 2 rings (SSSR count). The smallest absolute Gasteiger partial charge is 0.126 e. The number of nitrogens with one attached hydrogen (secondary N) is 1. The first kappa shape index (κ1) is 16.0. The first-order chi connectivity index (χ1) is 10.2. The summed E-state index contributed by atoms with van der Waals surface area (Å²) in [6, 6.07) is 6.87. The molecule has 0 saturated heterocycles. The van der Waals surface area contributed by atoms with Gasteiger partial charge >= 0.3 is 0 Å². The Bertz CT molecular complexity index is 595. The maximum Gasteiger partial charge on any atom is 0.126 e. The SMILES string of the molecule is CCc1nn(CC)c(CNCCc2ccccc2F)c1Cl. The third kappa shape index (κ3) is 3.83. The van der Waals surface area contributed by atoms with Crippen LogP contribution in [-0.2, 0) is 25.9 Å². The van der Waals surface area contributed by atoms with Crippen LogP contribution in [0.4, 0.5) is 4.39 Å². The highest BCUT2D eigenvalue weighted by Gasteiger charge is 2.13. The second-order valence-corrected chi connectivity index (χ2v) is 5.27. The van der Waals surface area contributed by atoms with E-state index in [1.165, 1.54) is 6.07 Å². The number of rotatable bonds is 7. The second kappa shape index (κ2) is 7.57. The average Bonchev–Trinajstić information content (AvgIpc) is 2.81. The van der Waals surface area contributed by atoms with Gasteiger partial charge in [0.15, 0.2) is 0 Å². The Hall–Kier alpha value is -1.39. The zero-order valence-electron chi connectivity index (χ0n) is 12.5. The number of halogens is 2. The summed E-state index contributed by atoms with van der Waals surface area (Å²) in [4.78, 5) is 0. The molecule has 21 heavy (non-hydrogen) atoms. The molecule has 0 bridgehead atoms. The van der Waals surface area contributed by atoms with E-state index in [2.05, 4.69) is 10.4 Å². The summed E-state index contributed by atoms with van der Waals surface area (Å²) in [6.07, 6.45) is 1.49. The number of aromatic nitrogens is 2. The maximum absolute atomic E-state index is 13.5. The zero-order chi connectivity index (χ0) is 15.2. The molecule has 2 aromatic rings. The lowest BCUT2D eigenvalue weighted by atomic mass is 10.1. The van der Waals surface area contributed by atoms with Crippen molar-refractivity contribution in [3.8, 4) is 0 Å². The van der Waals surface area contributed by atoms with Crippen LogP contribution in [0.2, 0.25) is 5.02 Å². The van der Waals surface area contributed by atoms with E-state index in [0.717, 1.165) is 34.9 Å². The molecule has 0 aliphatic heterocycles. The first-order valence-electron chi connectivity index (χ1n) is 7.35. The van der Waals surface area contributed by atoms with Gasteiger partial charge in [-0.3, -0.25) is 4.68 Å². The van der Waals surface area contributed by atoms with E-state index in [9.17, 15) is 4.39 Å². The summed E-state index contributed by atoms with van der Waals surface area (Å²) in [5.74, 6) is -0.149. The van der Waals surface area contributed by atoms with Crippen molar-refractivity contribution in [2.75, 3.05) is 6.54 Å². The van der Waals surface area contributed by atoms with Crippen LogP contribution in [0.1, 0.15) is 30.8 Å². The third-order valence-electron chi connectivity index (χ3n) is 3.52. The van der Waals surface area contributed by atoms with Gasteiger partial charge in [0.25, 0.3) is 0 Å². The fourth-order valence-electron chi connectivity index (χ4n) is 2.32. The Kier molecular flexibility index (Phi) is 5.76. The lowest BCUT2D eigenvalue weighted by molar-refractivity contribution is 0.569. The molecular formula is C16H21ClFN3. The summed E-state index contributed by atoms with van der Waals surface area (Å²) in [7, 11) is 0. The topological polar surface area (TPSA) is 29.9 Å². The predicted molar refractivity (Wildman–Crippen MR) is 84.1 cm³/mol. The molecule has 0 spiro atoms. The molecule has 1 heterocycles. The normalized spacial score (nSPS) is 11.0. The van der Waals surface area contributed by atoms with Crippen molar-refractivity contribution >= 4 is 11.6 Å². The molecule has 1 aromatic carbocycles. The lowest BCUT2D eigenvalue weighted by Crippen LogP contribution is -2.19. The summed E-state index contributed by atoms with van der Waals surface area (Å²) < 4.78 is 15.4. The monoisotopic (exact) mass is 309 g/mol. The summed E-state index contributed by atoms with van der Waals surface area (Å²) in [5, 5.41) is 8.55. The van der Waals surface area contributed by atoms with Crippen molar-refractivity contribution in [2.45, 2.75) is 39.8 Å². The van der Waals surface area contributed by atoms with Crippen LogP contribution in [0, 0.1) is 5.82 Å². The van der Waals surface area contributed by atoms with Crippen molar-refractivity contribution in [1.82, 2.24) is 15.1 Å². The van der Waals surface area contributed by atoms with Gasteiger partial charge in [-0.2, -0.15) is 5.10 Å². The molecule has 5 heteroatoms. The average molecular weight is 310 g/mol. The molecule has 3 nitrogen and oxygen atoms in total. The highest BCUT2D eigenvalue weighted by molar-refractivity contribution is 6.31. The van der Waals surface area contributed by atoms with Gasteiger partial charge in [0.05, 0.1) is 16.4 Å². The Morgan fingerprint density at radius 3 is 2.71 bits per heavy atom. The van der Waals surface area contributed by atoms with Crippen LogP contribution in [0.5, 0.6) is 0 Å². The molecule has 0 amide bonds. The standard InChI is InChI=1S/C16H21ClFN3/c1-3-14-16(17)15(21(4-2)20-14)11-19-10-9-12-7-5-6-8-13(12)18/h5-8,19H,3-4,9-11H2,1-2H3. The lowest BCUT2D eigenvalue weighted by Gasteiger charge is -2.08. The van der Waals surface area contributed by atoms with E-state index in [4.69, 9.17) is 11.6 Å². The van der Waals surface area contributed by atoms with Gasteiger partial charge in [-0.05, 0) is 37.9 Å². The number of benzene rings is 1. The molecule has 0 unspecified atom stereocenters. The third-order valence-corrected chi connectivity index (χ3v) is 3.95. The van der Waals surface area contributed by atoms with Crippen LogP contribution in [0.3, 0.4) is 0 Å². The van der Waals surface area contributed by atoms with Gasteiger partial charge in [0.1, 0.15) is 5.82 Å². The van der Waals surface area contributed by atoms with Crippen molar-refractivity contribution in [1.29, 1.82) is 0 Å². The minimum absolute atomic E-state index is 0.149. The van der Waals surface area contributed by atoms with Gasteiger partial charge in [0.2, 0.25) is 0 Å². The van der Waals surface area contributed by atoms with Crippen LogP contribution in [-0.4, -0.2) is 16.3 Å². The minimum Gasteiger partial charge on any atom is -0.311 e. The van der Waals surface area contributed by atoms with E-state index in [-0.39, 0.29) is 5.82 Å². The van der Waals surface area contributed by atoms with E-state index in [1.807, 2.05) is 30.7 Å². The molecule has 0 aliphatic rings. The quantitative estimate of drug-likeness (QED) is 0.792. The van der Waals surface area contributed by atoms with Crippen LogP contribution in [0.15, 0.2) is 24.3 Å². The van der Waals surface area contributed by atoms with Crippen LogP contribution >= 0.6 is 11.6 Å². The number of nitrogens with zero attached hydrogens (tertiary/aromatic N) is 2. The fourth-order valence-corrected chi connectivity index (χ4v) is 2.65. The number of aryl methyl sites for hydroxylation is 2. The predicted octanol–water partition coefficient (Wildman–Crippen LogP) is 3.59. The van der Waals surface area contributed by atoms with Crippen molar-refractivity contribution in [3.63, 3.8) is 0 Å². The Labute approximate surface area is 130 Å². The molecule has 0 fully saturated rings. The fraction of sp³-hybridized carbons (Fsp3) is 0.438. The molecule has 0 saturated carbocycles. The van der Waals surface area contributed by atoms with E-state index in [0.29, 0.717) is 19.5 Å². The summed E-state index contributed by atoms with van der Waals surface area (Å²) in [6.45, 7) is 6.24. The van der Waals surface area contributed by atoms with E-state index < -0.39 is 0 Å². The first-order valence-corrected chi connectivity index (χ1v) is 7.73. The summed E-state index contributed by atoms with van der Waals surface area (Å²) >= 11 is 6.35. The highest BCUT2D eigenvalue weighted by atomic mass is 35.5. The van der Waals surface area contributed by atoms with Gasteiger partial charge in [-0.1, -0.05) is 36.7 Å². The van der Waals surface area contributed by atoms with Gasteiger partial charge < -0.3 is 5.32 Å².